The van der Waals surface area contributed by atoms with Crippen molar-refractivity contribution in [2.75, 3.05) is 19.0 Å². The summed E-state index contributed by atoms with van der Waals surface area (Å²) in [6.45, 7) is 2.96. The monoisotopic (exact) mass is 280 g/mol. The zero-order valence-electron chi connectivity index (χ0n) is 11.1. The zero-order chi connectivity index (χ0) is 13.5. The number of alkyl halides is 1. The van der Waals surface area contributed by atoms with Crippen molar-refractivity contribution in [3.8, 4) is 0 Å². The maximum absolute atomic E-state index is 11.6. The lowest BCUT2D eigenvalue weighted by atomic mass is 10.2. The number of nitrogens with zero attached hydrogens (tertiary/aromatic N) is 1. The van der Waals surface area contributed by atoms with Crippen LogP contribution in [0, 0.1) is 0 Å². The first-order chi connectivity index (χ1) is 9.28. The number of nitrogens with one attached hydrogen (secondary N) is 1. The van der Waals surface area contributed by atoms with E-state index in [0.717, 1.165) is 32.5 Å². The molecule has 0 spiro atoms. The average molecular weight is 281 g/mol. The minimum Gasteiger partial charge on any atom is -0.352 e. The lowest BCUT2D eigenvalue weighted by molar-refractivity contribution is -0.121. The fourth-order valence-corrected chi connectivity index (χ4v) is 2.60. The molecule has 0 radical (unpaired) electrons. The van der Waals surface area contributed by atoms with Gasteiger partial charge < -0.3 is 5.32 Å². The predicted octanol–water partition coefficient (Wildman–Crippen LogP) is 2.40. The van der Waals surface area contributed by atoms with E-state index in [9.17, 15) is 4.79 Å². The van der Waals surface area contributed by atoms with Gasteiger partial charge in [0, 0.05) is 38.0 Å². The number of amides is 1. The number of rotatable bonds is 6. The Hall–Kier alpha value is -1.06. The van der Waals surface area contributed by atoms with Crippen molar-refractivity contribution in [2.24, 2.45) is 0 Å². The van der Waals surface area contributed by atoms with Crippen LogP contribution in [0.2, 0.25) is 0 Å². The van der Waals surface area contributed by atoms with Gasteiger partial charge in [0.1, 0.15) is 0 Å². The molecule has 0 aromatic heterocycles. The molecule has 2 rings (SSSR count). The Bertz CT molecular complexity index is 396. The van der Waals surface area contributed by atoms with Crippen LogP contribution >= 0.6 is 11.6 Å². The summed E-state index contributed by atoms with van der Waals surface area (Å²) in [7, 11) is 0. The third-order valence-corrected chi connectivity index (χ3v) is 3.69. The van der Waals surface area contributed by atoms with Gasteiger partial charge in [-0.1, -0.05) is 30.3 Å². The van der Waals surface area contributed by atoms with Crippen molar-refractivity contribution in [3.05, 3.63) is 35.9 Å². The van der Waals surface area contributed by atoms with Crippen LogP contribution < -0.4 is 5.32 Å². The van der Waals surface area contributed by atoms with Crippen molar-refractivity contribution >= 4 is 17.5 Å². The summed E-state index contributed by atoms with van der Waals surface area (Å²) in [5, 5.41) is 3.09. The first-order valence-electron chi connectivity index (χ1n) is 6.89. The molecule has 1 N–H and O–H groups in total. The van der Waals surface area contributed by atoms with E-state index in [4.69, 9.17) is 11.6 Å². The Balaban J connectivity index is 1.72. The van der Waals surface area contributed by atoms with Gasteiger partial charge in [-0.25, -0.2) is 0 Å². The fraction of sp³-hybridized carbons (Fsp3) is 0.533. The summed E-state index contributed by atoms with van der Waals surface area (Å²) >= 11 is 5.59. The van der Waals surface area contributed by atoms with Gasteiger partial charge in [-0.2, -0.15) is 0 Å². The Morgan fingerprint density at radius 2 is 2.16 bits per heavy atom. The summed E-state index contributed by atoms with van der Waals surface area (Å²) in [5.41, 5.74) is 1.33. The number of likely N-dealkylation sites (tertiary alicyclic amines) is 1. The topological polar surface area (TPSA) is 32.3 Å². The van der Waals surface area contributed by atoms with Crippen LogP contribution in [0.3, 0.4) is 0 Å². The molecular weight excluding hydrogens is 260 g/mol. The lowest BCUT2D eigenvalue weighted by Crippen LogP contribution is -2.36. The summed E-state index contributed by atoms with van der Waals surface area (Å²) in [6, 6.07) is 10.8. The van der Waals surface area contributed by atoms with Gasteiger partial charge in [-0.15, -0.1) is 11.6 Å². The summed E-state index contributed by atoms with van der Waals surface area (Å²) < 4.78 is 0. The summed E-state index contributed by atoms with van der Waals surface area (Å²) in [5.74, 6) is 0.685. The van der Waals surface area contributed by atoms with Crippen LogP contribution in [-0.2, 0) is 11.3 Å². The third kappa shape index (κ3) is 4.84. The normalized spacial score (nSPS) is 19.5. The quantitative estimate of drug-likeness (QED) is 0.812. The Morgan fingerprint density at radius 3 is 2.89 bits per heavy atom. The van der Waals surface area contributed by atoms with Crippen LogP contribution in [0.15, 0.2) is 30.3 Å². The molecule has 1 aromatic carbocycles. The van der Waals surface area contributed by atoms with Gasteiger partial charge in [-0.05, 0) is 18.4 Å². The summed E-state index contributed by atoms with van der Waals surface area (Å²) in [4.78, 5) is 14.0. The molecule has 4 heteroatoms. The Kier molecular flexibility index (Phi) is 5.67. The van der Waals surface area contributed by atoms with E-state index in [1.807, 2.05) is 6.07 Å². The van der Waals surface area contributed by atoms with Gasteiger partial charge in [0.2, 0.25) is 5.91 Å². The molecule has 1 fully saturated rings. The molecule has 1 saturated heterocycles. The number of hydrogen-bond acceptors (Lipinski definition) is 2. The van der Waals surface area contributed by atoms with Crippen molar-refractivity contribution in [1.82, 2.24) is 10.2 Å². The highest BCUT2D eigenvalue weighted by molar-refractivity contribution is 6.17. The molecule has 1 aliphatic rings. The van der Waals surface area contributed by atoms with Crippen LogP contribution in [0.5, 0.6) is 0 Å². The van der Waals surface area contributed by atoms with Crippen molar-refractivity contribution in [1.29, 1.82) is 0 Å². The predicted molar refractivity (Wildman–Crippen MR) is 78.2 cm³/mol. The first-order valence-corrected chi connectivity index (χ1v) is 7.43. The highest BCUT2D eigenvalue weighted by Crippen LogP contribution is 2.13. The average Bonchev–Trinajstić information content (AvgIpc) is 2.85. The number of halogens is 1. The molecule has 104 valence electrons. The number of carbonyl (C=O) groups excluding carboxylic acids is 1. The number of hydrogen-bond donors (Lipinski definition) is 1. The molecule has 0 aliphatic carbocycles. The smallest absolute Gasteiger partial charge is 0.220 e. The minimum absolute atomic E-state index is 0.132. The second kappa shape index (κ2) is 7.51. The van der Waals surface area contributed by atoms with Crippen LogP contribution in [0.1, 0.15) is 24.8 Å². The largest absolute Gasteiger partial charge is 0.352 e. The van der Waals surface area contributed by atoms with Crippen LogP contribution in [0.4, 0.5) is 0 Å². The molecule has 1 aromatic rings. The maximum atomic E-state index is 11.6. The van der Waals surface area contributed by atoms with E-state index >= 15 is 0 Å². The third-order valence-electron chi connectivity index (χ3n) is 3.42. The molecule has 0 saturated carbocycles. The molecule has 1 heterocycles. The van der Waals surface area contributed by atoms with E-state index in [-0.39, 0.29) is 5.91 Å². The molecular formula is C15H21ClN2O. The number of benzene rings is 1. The molecule has 3 nitrogen and oxygen atoms in total. The van der Waals surface area contributed by atoms with E-state index in [0.29, 0.717) is 18.3 Å². The second-order valence-electron chi connectivity index (χ2n) is 5.07. The Morgan fingerprint density at radius 1 is 1.37 bits per heavy atom. The number of carbonyl (C=O) groups is 1. The first kappa shape index (κ1) is 14.4. The molecule has 19 heavy (non-hydrogen) atoms. The van der Waals surface area contributed by atoms with Crippen molar-refractivity contribution in [2.45, 2.75) is 31.8 Å². The maximum Gasteiger partial charge on any atom is 0.220 e. The van der Waals surface area contributed by atoms with Gasteiger partial charge in [0.15, 0.2) is 0 Å². The fourth-order valence-electron chi connectivity index (χ4n) is 2.46. The highest BCUT2D eigenvalue weighted by Gasteiger charge is 2.23. The van der Waals surface area contributed by atoms with Gasteiger partial charge in [-0.3, -0.25) is 9.69 Å². The lowest BCUT2D eigenvalue weighted by Gasteiger charge is -2.16. The molecule has 0 unspecified atom stereocenters. The Labute approximate surface area is 119 Å². The van der Waals surface area contributed by atoms with Crippen molar-refractivity contribution < 1.29 is 4.79 Å². The SMILES string of the molecule is O=C(CCCCl)N[C@@H]1CCN(Cc2ccccc2)C1. The minimum atomic E-state index is 0.132. The van der Waals surface area contributed by atoms with E-state index < -0.39 is 0 Å². The molecule has 1 amide bonds. The zero-order valence-corrected chi connectivity index (χ0v) is 11.9. The van der Waals surface area contributed by atoms with Gasteiger partial charge >= 0.3 is 0 Å². The van der Waals surface area contributed by atoms with E-state index in [1.165, 1.54) is 5.56 Å². The molecule has 0 bridgehead atoms. The van der Waals surface area contributed by atoms with E-state index in [1.54, 1.807) is 0 Å². The second-order valence-corrected chi connectivity index (χ2v) is 5.44. The van der Waals surface area contributed by atoms with Crippen molar-refractivity contribution in [3.63, 3.8) is 0 Å². The van der Waals surface area contributed by atoms with E-state index in [2.05, 4.69) is 34.5 Å². The van der Waals surface area contributed by atoms with Crippen LogP contribution in [0.25, 0.3) is 0 Å². The highest BCUT2D eigenvalue weighted by atomic mass is 35.5. The molecule has 1 aliphatic heterocycles. The van der Waals surface area contributed by atoms with Gasteiger partial charge in [0.05, 0.1) is 0 Å². The van der Waals surface area contributed by atoms with Crippen LogP contribution in [-0.4, -0.2) is 35.8 Å². The van der Waals surface area contributed by atoms with Gasteiger partial charge in [0.25, 0.3) is 0 Å². The molecule has 1 atom stereocenters. The standard InChI is InChI=1S/C15H21ClN2O/c16-9-4-7-15(19)17-14-8-10-18(12-14)11-13-5-2-1-3-6-13/h1-3,5-6,14H,4,7-12H2,(H,17,19)/t14-/m1/s1. The summed E-state index contributed by atoms with van der Waals surface area (Å²) in [6.07, 6.45) is 2.34.